The van der Waals surface area contributed by atoms with Crippen molar-refractivity contribution in [1.29, 1.82) is 0 Å². The van der Waals surface area contributed by atoms with Crippen LogP contribution in [-0.4, -0.2) is 64.1 Å². The van der Waals surface area contributed by atoms with Crippen LogP contribution in [0.25, 0.3) is 22.3 Å². The van der Waals surface area contributed by atoms with Crippen molar-refractivity contribution in [3.05, 3.63) is 64.5 Å². The van der Waals surface area contributed by atoms with Crippen LogP contribution in [0.4, 0.5) is 11.4 Å². The van der Waals surface area contributed by atoms with Gasteiger partial charge in [0, 0.05) is 49.2 Å². The molecule has 0 unspecified atom stereocenters. The first kappa shape index (κ1) is 22.5. The number of fused-ring (bicyclic) bond motifs is 1. The number of phenols is 1. The molecule has 34 heavy (non-hydrogen) atoms. The van der Waals surface area contributed by atoms with Gasteiger partial charge in [-0.25, -0.2) is 9.97 Å². The summed E-state index contributed by atoms with van der Waals surface area (Å²) in [6.45, 7) is 3.96. The van der Waals surface area contributed by atoms with E-state index in [-0.39, 0.29) is 21.7 Å². The van der Waals surface area contributed by atoms with E-state index >= 15 is 0 Å². The summed E-state index contributed by atoms with van der Waals surface area (Å²) in [5.74, 6) is -0.442. The highest BCUT2D eigenvalue weighted by Gasteiger charge is 2.19. The number of halogens is 2. The smallest absolute Gasteiger partial charge is 0.255 e. The predicted molar refractivity (Wildman–Crippen MR) is 135 cm³/mol. The van der Waals surface area contributed by atoms with Gasteiger partial charge in [0.25, 0.3) is 5.91 Å². The van der Waals surface area contributed by atoms with Crippen molar-refractivity contribution < 1.29 is 9.90 Å². The lowest BCUT2D eigenvalue weighted by Gasteiger charge is -2.34. The predicted octanol–water partition coefficient (Wildman–Crippen LogP) is 4.64. The van der Waals surface area contributed by atoms with E-state index in [0.717, 1.165) is 31.9 Å². The second kappa shape index (κ2) is 9.13. The summed E-state index contributed by atoms with van der Waals surface area (Å²) >= 11 is 12.2. The van der Waals surface area contributed by atoms with Crippen LogP contribution in [0.15, 0.2) is 48.9 Å². The number of benzene rings is 2. The molecular formula is C24H22Cl2N6O2. The summed E-state index contributed by atoms with van der Waals surface area (Å²) in [6.07, 6.45) is 3.08. The van der Waals surface area contributed by atoms with Gasteiger partial charge in [-0.05, 0) is 43.4 Å². The zero-order valence-corrected chi connectivity index (χ0v) is 19.9. The molecule has 2 aromatic heterocycles. The van der Waals surface area contributed by atoms with Gasteiger partial charge in [0.2, 0.25) is 0 Å². The first-order valence-corrected chi connectivity index (χ1v) is 11.5. The number of rotatable bonds is 4. The lowest BCUT2D eigenvalue weighted by Crippen LogP contribution is -2.44. The molecule has 3 N–H and O–H groups in total. The quantitative estimate of drug-likeness (QED) is 0.380. The molecule has 1 amide bonds. The van der Waals surface area contributed by atoms with E-state index in [4.69, 9.17) is 23.2 Å². The summed E-state index contributed by atoms with van der Waals surface area (Å²) in [6, 6.07) is 10.7. The number of aromatic amines is 1. The van der Waals surface area contributed by atoms with Crippen molar-refractivity contribution in [3.63, 3.8) is 0 Å². The lowest BCUT2D eigenvalue weighted by molar-refractivity contribution is 0.102. The summed E-state index contributed by atoms with van der Waals surface area (Å²) in [5, 5.41) is 13.7. The summed E-state index contributed by atoms with van der Waals surface area (Å²) in [4.78, 5) is 29.3. The van der Waals surface area contributed by atoms with Crippen LogP contribution in [-0.2, 0) is 0 Å². The van der Waals surface area contributed by atoms with E-state index in [1.165, 1.54) is 6.33 Å². The molecule has 10 heteroatoms. The molecule has 0 aliphatic carbocycles. The Morgan fingerprint density at radius 3 is 2.41 bits per heavy atom. The van der Waals surface area contributed by atoms with Crippen LogP contribution in [0.3, 0.4) is 0 Å². The standard InChI is InChI=1S/C24H22Cl2N6O2/c1-31-6-8-32(9-7-31)16-4-2-14(3-5-16)24(34)30-19-12-27-23-20(19)21(28-13-29-23)15-10-17(25)22(33)18(26)11-15/h2-5,10-13,33H,6-9H2,1H3,(H,30,34)(H,27,28,29). The highest BCUT2D eigenvalue weighted by Crippen LogP contribution is 2.39. The van der Waals surface area contributed by atoms with Gasteiger partial charge in [-0.1, -0.05) is 23.2 Å². The summed E-state index contributed by atoms with van der Waals surface area (Å²) in [7, 11) is 2.12. The number of amides is 1. The fourth-order valence-corrected chi connectivity index (χ4v) is 4.55. The number of nitrogens with one attached hydrogen (secondary N) is 2. The van der Waals surface area contributed by atoms with Gasteiger partial charge in [-0.2, -0.15) is 0 Å². The van der Waals surface area contributed by atoms with Gasteiger partial charge >= 0.3 is 0 Å². The number of H-pyrrole nitrogens is 1. The van der Waals surface area contributed by atoms with Crippen LogP contribution >= 0.6 is 23.2 Å². The van der Waals surface area contributed by atoms with Gasteiger partial charge in [0.15, 0.2) is 5.75 Å². The zero-order chi connectivity index (χ0) is 23.8. The van der Waals surface area contributed by atoms with E-state index in [1.807, 2.05) is 24.3 Å². The van der Waals surface area contributed by atoms with Crippen molar-refractivity contribution in [1.82, 2.24) is 19.9 Å². The number of piperazine rings is 1. The highest BCUT2D eigenvalue weighted by atomic mass is 35.5. The largest absolute Gasteiger partial charge is 0.505 e. The van der Waals surface area contributed by atoms with Crippen molar-refractivity contribution >= 4 is 51.5 Å². The number of phenolic OH excluding ortho intramolecular Hbond substituents is 1. The van der Waals surface area contributed by atoms with Crippen LogP contribution < -0.4 is 10.2 Å². The Bertz CT molecular complexity index is 1340. The second-order valence-electron chi connectivity index (χ2n) is 8.23. The van der Waals surface area contributed by atoms with E-state index < -0.39 is 0 Å². The van der Waals surface area contributed by atoms with Gasteiger partial charge in [-0.3, -0.25) is 4.79 Å². The minimum Gasteiger partial charge on any atom is -0.505 e. The Labute approximate surface area is 206 Å². The Morgan fingerprint density at radius 2 is 1.74 bits per heavy atom. The second-order valence-corrected chi connectivity index (χ2v) is 9.04. The molecule has 5 rings (SSSR count). The zero-order valence-electron chi connectivity index (χ0n) is 18.3. The van der Waals surface area contributed by atoms with Crippen LogP contribution in [0, 0.1) is 0 Å². The molecular weight excluding hydrogens is 475 g/mol. The van der Waals surface area contributed by atoms with E-state index in [0.29, 0.717) is 33.5 Å². The van der Waals surface area contributed by atoms with Crippen molar-refractivity contribution in [2.75, 3.05) is 43.4 Å². The molecule has 0 spiro atoms. The minimum absolute atomic E-state index is 0.107. The van der Waals surface area contributed by atoms with Crippen LogP contribution in [0.2, 0.25) is 10.0 Å². The molecule has 4 aromatic rings. The Balaban J connectivity index is 1.42. The first-order valence-electron chi connectivity index (χ1n) is 10.8. The number of aromatic nitrogens is 3. The maximum atomic E-state index is 13.0. The van der Waals surface area contributed by atoms with Gasteiger partial charge < -0.3 is 25.2 Å². The van der Waals surface area contributed by atoms with Crippen molar-refractivity contribution in [3.8, 4) is 17.0 Å². The fraction of sp³-hybridized carbons (Fsp3) is 0.208. The number of anilines is 2. The van der Waals surface area contributed by atoms with E-state index in [2.05, 4.69) is 37.1 Å². The third kappa shape index (κ3) is 4.27. The average molecular weight is 497 g/mol. The van der Waals surface area contributed by atoms with Gasteiger partial charge in [0.1, 0.15) is 12.0 Å². The van der Waals surface area contributed by atoms with Gasteiger partial charge in [-0.15, -0.1) is 0 Å². The molecule has 1 saturated heterocycles. The highest BCUT2D eigenvalue weighted by molar-refractivity contribution is 6.37. The minimum atomic E-state index is -0.248. The number of likely N-dealkylation sites (N-methyl/N-ethyl adjacent to an activating group) is 1. The van der Waals surface area contributed by atoms with E-state index in [9.17, 15) is 9.90 Å². The third-order valence-corrected chi connectivity index (χ3v) is 6.58. The number of nitrogens with zero attached hydrogens (tertiary/aromatic N) is 4. The van der Waals surface area contributed by atoms with Crippen molar-refractivity contribution in [2.24, 2.45) is 0 Å². The molecule has 1 aliphatic heterocycles. The van der Waals surface area contributed by atoms with Gasteiger partial charge in [0.05, 0.1) is 26.8 Å². The maximum Gasteiger partial charge on any atom is 0.255 e. The molecule has 0 atom stereocenters. The Hall–Kier alpha value is -3.33. The summed E-state index contributed by atoms with van der Waals surface area (Å²) in [5.41, 5.74) is 3.84. The molecule has 0 radical (unpaired) electrons. The fourth-order valence-electron chi connectivity index (χ4n) is 4.07. The molecule has 0 bridgehead atoms. The first-order chi connectivity index (χ1) is 16.4. The SMILES string of the molecule is CN1CCN(c2ccc(C(=O)Nc3c[nH]c4ncnc(-c5cc(Cl)c(O)c(Cl)c5)c34)cc2)CC1. The maximum absolute atomic E-state index is 13.0. The summed E-state index contributed by atoms with van der Waals surface area (Å²) < 4.78 is 0. The monoisotopic (exact) mass is 496 g/mol. The molecule has 3 heterocycles. The topological polar surface area (TPSA) is 97.4 Å². The number of aromatic hydroxyl groups is 1. The molecule has 2 aromatic carbocycles. The molecule has 1 fully saturated rings. The van der Waals surface area contributed by atoms with Crippen LogP contribution in [0.1, 0.15) is 10.4 Å². The number of carbonyl (C=O) groups is 1. The molecule has 8 nitrogen and oxygen atoms in total. The third-order valence-electron chi connectivity index (χ3n) is 6.01. The van der Waals surface area contributed by atoms with E-state index in [1.54, 1.807) is 18.3 Å². The number of carbonyl (C=O) groups excluding carboxylic acids is 1. The molecule has 174 valence electrons. The number of hydrogen-bond acceptors (Lipinski definition) is 6. The molecule has 1 aliphatic rings. The molecule has 0 saturated carbocycles. The normalized spacial score (nSPS) is 14.5. The Kier molecular flexibility index (Phi) is 6.03. The van der Waals surface area contributed by atoms with Crippen LogP contribution in [0.5, 0.6) is 5.75 Å². The number of hydrogen-bond donors (Lipinski definition) is 3. The average Bonchev–Trinajstić information content (AvgIpc) is 3.25. The van der Waals surface area contributed by atoms with Crippen molar-refractivity contribution in [2.45, 2.75) is 0 Å². The Morgan fingerprint density at radius 1 is 1.06 bits per heavy atom. The lowest BCUT2D eigenvalue weighted by atomic mass is 10.1.